The number of carbonyl (C=O) groups is 3. The number of benzene rings is 2. The van der Waals surface area contributed by atoms with E-state index in [4.69, 9.17) is 33.0 Å². The number of ether oxygens (including phenoxy) is 1. The third-order valence-corrected chi connectivity index (χ3v) is 8.13. The predicted molar refractivity (Wildman–Crippen MR) is 170 cm³/mol. The SMILES string of the molecule is Cc1nc2c(OCc3c(Cl)ccc(N(C)C(=O)CNC(=O)C=Cc4ccc(C(=O)NCCO)cc4)c3Cl)cccn2c1Br. The fraction of sp³-hybridized carbons (Fsp3) is 0.200. The van der Waals surface area contributed by atoms with Crippen molar-refractivity contribution < 1.29 is 24.2 Å². The summed E-state index contributed by atoms with van der Waals surface area (Å²) >= 11 is 16.6. The zero-order valence-corrected chi connectivity index (χ0v) is 26.3. The van der Waals surface area contributed by atoms with Crippen LogP contribution in [0.3, 0.4) is 0 Å². The van der Waals surface area contributed by atoms with Crippen molar-refractivity contribution in [2.45, 2.75) is 13.5 Å². The molecule has 0 aliphatic rings. The molecule has 0 fully saturated rings. The van der Waals surface area contributed by atoms with Gasteiger partial charge in [-0.15, -0.1) is 0 Å². The Balaban J connectivity index is 1.36. The number of pyridine rings is 1. The van der Waals surface area contributed by atoms with E-state index in [-0.39, 0.29) is 37.2 Å². The fourth-order valence-corrected chi connectivity index (χ4v) is 5.01. The van der Waals surface area contributed by atoms with E-state index >= 15 is 0 Å². The lowest BCUT2D eigenvalue weighted by molar-refractivity contribution is -0.122. The summed E-state index contributed by atoms with van der Waals surface area (Å²) in [4.78, 5) is 43.0. The van der Waals surface area contributed by atoms with Crippen LogP contribution in [-0.2, 0) is 16.2 Å². The molecule has 13 heteroatoms. The van der Waals surface area contributed by atoms with Crippen LogP contribution >= 0.6 is 39.1 Å². The number of aliphatic hydroxyl groups is 1. The Morgan fingerprint density at radius 1 is 1.12 bits per heavy atom. The molecule has 0 spiro atoms. The number of hydrogen-bond donors (Lipinski definition) is 3. The lowest BCUT2D eigenvalue weighted by Crippen LogP contribution is -2.37. The summed E-state index contributed by atoms with van der Waals surface area (Å²) in [5.74, 6) is -0.647. The molecule has 0 unspecified atom stereocenters. The molecule has 3 N–H and O–H groups in total. The zero-order valence-electron chi connectivity index (χ0n) is 23.2. The molecule has 10 nitrogen and oxygen atoms in total. The van der Waals surface area contributed by atoms with Gasteiger partial charge in [-0.25, -0.2) is 4.98 Å². The molecule has 0 aliphatic carbocycles. The molecule has 0 atom stereocenters. The molecule has 0 bridgehead atoms. The lowest BCUT2D eigenvalue weighted by Gasteiger charge is -2.21. The molecule has 2 heterocycles. The minimum absolute atomic E-state index is 0.0343. The van der Waals surface area contributed by atoms with Crippen molar-refractivity contribution >= 4 is 74.3 Å². The first-order valence-electron chi connectivity index (χ1n) is 13.0. The highest BCUT2D eigenvalue weighted by Crippen LogP contribution is 2.35. The first-order valence-corrected chi connectivity index (χ1v) is 14.6. The highest BCUT2D eigenvalue weighted by atomic mass is 79.9. The van der Waals surface area contributed by atoms with Crippen LogP contribution in [0.1, 0.15) is 27.2 Å². The van der Waals surface area contributed by atoms with Crippen LogP contribution in [0.25, 0.3) is 11.7 Å². The second-order valence-corrected chi connectivity index (χ2v) is 10.8. The fourth-order valence-electron chi connectivity index (χ4n) is 4.03. The van der Waals surface area contributed by atoms with E-state index < -0.39 is 11.8 Å². The molecule has 4 rings (SSSR count). The van der Waals surface area contributed by atoms with Crippen LogP contribution in [0.5, 0.6) is 5.75 Å². The van der Waals surface area contributed by atoms with Gasteiger partial charge in [-0.1, -0.05) is 35.3 Å². The molecule has 0 radical (unpaired) electrons. The van der Waals surface area contributed by atoms with Gasteiger partial charge >= 0.3 is 0 Å². The Kier molecular flexibility index (Phi) is 10.8. The number of amides is 3. The van der Waals surface area contributed by atoms with Crippen molar-refractivity contribution in [1.29, 1.82) is 0 Å². The van der Waals surface area contributed by atoms with Gasteiger partial charge in [0.25, 0.3) is 5.91 Å². The van der Waals surface area contributed by atoms with E-state index in [0.717, 1.165) is 10.3 Å². The summed E-state index contributed by atoms with van der Waals surface area (Å²) in [7, 11) is 1.55. The Labute approximate surface area is 266 Å². The normalized spacial score (nSPS) is 11.1. The number of anilines is 1. The highest BCUT2D eigenvalue weighted by Gasteiger charge is 2.20. The minimum atomic E-state index is -0.474. The van der Waals surface area contributed by atoms with Gasteiger partial charge in [-0.2, -0.15) is 0 Å². The Morgan fingerprint density at radius 3 is 2.58 bits per heavy atom. The van der Waals surface area contributed by atoms with E-state index in [1.807, 2.05) is 23.6 Å². The van der Waals surface area contributed by atoms with E-state index in [2.05, 4.69) is 31.5 Å². The third kappa shape index (κ3) is 7.74. The first kappa shape index (κ1) is 32.0. The number of aromatic nitrogens is 2. The van der Waals surface area contributed by atoms with Crippen LogP contribution in [-0.4, -0.2) is 59.0 Å². The number of nitrogens with zero attached hydrogens (tertiary/aromatic N) is 3. The van der Waals surface area contributed by atoms with E-state index in [1.54, 1.807) is 55.6 Å². The van der Waals surface area contributed by atoms with Crippen LogP contribution in [0, 0.1) is 6.92 Å². The van der Waals surface area contributed by atoms with Crippen LogP contribution in [0.15, 0.2) is 65.4 Å². The van der Waals surface area contributed by atoms with Gasteiger partial charge in [0, 0.05) is 42.0 Å². The maximum atomic E-state index is 12.9. The largest absolute Gasteiger partial charge is 0.485 e. The van der Waals surface area contributed by atoms with Crippen molar-refractivity contribution in [3.63, 3.8) is 0 Å². The van der Waals surface area contributed by atoms with Gasteiger partial charge in [-0.05, 0) is 70.9 Å². The Bertz CT molecular complexity index is 1690. The van der Waals surface area contributed by atoms with Gasteiger partial charge in [0.1, 0.15) is 11.2 Å². The molecule has 0 aliphatic heterocycles. The smallest absolute Gasteiger partial charge is 0.251 e. The van der Waals surface area contributed by atoms with Crippen LogP contribution in [0.2, 0.25) is 10.0 Å². The lowest BCUT2D eigenvalue weighted by atomic mass is 10.1. The van der Waals surface area contributed by atoms with Crippen molar-refractivity contribution in [2.75, 3.05) is 31.6 Å². The molecular formula is C30H28BrCl2N5O5. The van der Waals surface area contributed by atoms with Crippen molar-refractivity contribution in [3.8, 4) is 5.75 Å². The maximum absolute atomic E-state index is 12.9. The van der Waals surface area contributed by atoms with Gasteiger partial charge in [0.15, 0.2) is 11.4 Å². The van der Waals surface area contributed by atoms with Crippen LogP contribution in [0.4, 0.5) is 5.69 Å². The van der Waals surface area contributed by atoms with Crippen molar-refractivity contribution in [2.24, 2.45) is 0 Å². The van der Waals surface area contributed by atoms with Gasteiger partial charge in [-0.3, -0.25) is 18.8 Å². The molecule has 43 heavy (non-hydrogen) atoms. The third-order valence-electron chi connectivity index (χ3n) is 6.40. The number of halogens is 3. The number of carbonyl (C=O) groups excluding carboxylic acids is 3. The number of fused-ring (bicyclic) bond motifs is 1. The quantitative estimate of drug-likeness (QED) is 0.195. The number of imidazole rings is 1. The molecular weight excluding hydrogens is 661 g/mol. The standard InChI is InChI=1S/C30H28BrCl2N5O5/c1-18-28(31)38-14-3-4-24(29(38)36-18)43-17-21-22(32)10-11-23(27(21)33)37(2)26(41)16-35-25(40)12-7-19-5-8-20(9-6-19)30(42)34-13-15-39/h3-12,14,39H,13,15-17H2,1-2H3,(H,34,42)(H,35,40). The van der Waals surface area contributed by atoms with Gasteiger partial charge < -0.3 is 25.4 Å². The summed E-state index contributed by atoms with van der Waals surface area (Å²) in [5.41, 5.74) is 3.46. The van der Waals surface area contributed by atoms with E-state index in [9.17, 15) is 14.4 Å². The second-order valence-electron chi connectivity index (χ2n) is 9.31. The van der Waals surface area contributed by atoms with E-state index in [0.29, 0.717) is 38.8 Å². The summed E-state index contributed by atoms with van der Waals surface area (Å²) < 4.78 is 8.72. The topological polar surface area (TPSA) is 125 Å². The molecule has 2 aromatic heterocycles. The minimum Gasteiger partial charge on any atom is -0.485 e. The number of aryl methyl sites for hydroxylation is 1. The number of aliphatic hydroxyl groups excluding tert-OH is 1. The molecule has 224 valence electrons. The summed E-state index contributed by atoms with van der Waals surface area (Å²) in [6.07, 6.45) is 4.72. The number of hydrogen-bond acceptors (Lipinski definition) is 6. The summed E-state index contributed by atoms with van der Waals surface area (Å²) in [5, 5.41) is 14.6. The molecule has 0 saturated carbocycles. The summed E-state index contributed by atoms with van der Waals surface area (Å²) in [6, 6.07) is 13.4. The van der Waals surface area contributed by atoms with Crippen molar-refractivity contribution in [1.82, 2.24) is 20.0 Å². The monoisotopic (exact) mass is 687 g/mol. The van der Waals surface area contributed by atoms with Gasteiger partial charge in [0.05, 0.1) is 29.6 Å². The molecule has 0 saturated heterocycles. The number of nitrogens with one attached hydrogen (secondary N) is 2. The molecule has 4 aromatic rings. The second kappa shape index (κ2) is 14.5. The first-order chi connectivity index (χ1) is 20.6. The molecule has 2 aromatic carbocycles. The predicted octanol–water partition coefficient (Wildman–Crippen LogP) is 4.81. The number of rotatable bonds is 11. The van der Waals surface area contributed by atoms with Crippen molar-refractivity contribution in [3.05, 3.63) is 97.8 Å². The van der Waals surface area contributed by atoms with Crippen LogP contribution < -0.4 is 20.3 Å². The van der Waals surface area contributed by atoms with Gasteiger partial charge in [0.2, 0.25) is 11.8 Å². The molecule has 3 amide bonds. The Hall–Kier alpha value is -3.90. The Morgan fingerprint density at radius 2 is 1.86 bits per heavy atom. The van der Waals surface area contributed by atoms with E-state index in [1.165, 1.54) is 11.0 Å². The summed E-state index contributed by atoms with van der Waals surface area (Å²) in [6.45, 7) is 1.66. The average molecular weight is 689 g/mol. The average Bonchev–Trinajstić information content (AvgIpc) is 3.30. The highest BCUT2D eigenvalue weighted by molar-refractivity contribution is 9.10. The maximum Gasteiger partial charge on any atom is 0.251 e. The zero-order chi connectivity index (χ0) is 31.1. The number of likely N-dealkylation sites (N-methyl/N-ethyl adjacent to an activating group) is 1.